The molecular formula is C13H23N5O. The molecule has 6 nitrogen and oxygen atoms in total. The van der Waals surface area contributed by atoms with Gasteiger partial charge in [-0.25, -0.2) is 0 Å². The van der Waals surface area contributed by atoms with E-state index in [0.29, 0.717) is 11.8 Å². The van der Waals surface area contributed by atoms with Crippen LogP contribution < -0.4 is 15.4 Å². The van der Waals surface area contributed by atoms with Crippen LogP contribution in [0.25, 0.3) is 0 Å². The Morgan fingerprint density at radius 2 is 2.05 bits per heavy atom. The van der Waals surface area contributed by atoms with Crippen LogP contribution in [0.5, 0.6) is 5.88 Å². The average molecular weight is 265 g/mol. The number of anilines is 1. The highest BCUT2D eigenvalue weighted by Gasteiger charge is 2.19. The Kier molecular flexibility index (Phi) is 4.93. The minimum Gasteiger partial charge on any atom is -0.480 e. The Morgan fingerprint density at radius 1 is 1.32 bits per heavy atom. The van der Waals surface area contributed by atoms with E-state index in [1.54, 1.807) is 19.5 Å². The maximum Gasteiger partial charge on any atom is 0.233 e. The number of piperazine rings is 1. The quantitative estimate of drug-likeness (QED) is 0.820. The zero-order chi connectivity index (χ0) is 13.7. The second-order valence-corrected chi connectivity index (χ2v) is 5.05. The molecule has 1 aromatic rings. The Hall–Kier alpha value is -1.40. The molecule has 0 saturated carbocycles. The predicted octanol–water partition coefficient (Wildman–Crippen LogP) is 0.202. The van der Waals surface area contributed by atoms with Crippen LogP contribution in [0.15, 0.2) is 12.4 Å². The molecule has 1 atom stereocenters. The minimum absolute atomic E-state index is 0.558. The van der Waals surface area contributed by atoms with Crippen LogP contribution in [0.4, 0.5) is 5.82 Å². The monoisotopic (exact) mass is 265 g/mol. The summed E-state index contributed by atoms with van der Waals surface area (Å²) in [7, 11) is 1.61. The fraction of sp³-hybridized carbons (Fsp3) is 0.692. The van der Waals surface area contributed by atoms with Gasteiger partial charge in [0.05, 0.1) is 19.5 Å². The highest BCUT2D eigenvalue weighted by Crippen LogP contribution is 2.16. The van der Waals surface area contributed by atoms with Gasteiger partial charge in [0, 0.05) is 32.7 Å². The average Bonchev–Trinajstić information content (AvgIpc) is 2.48. The highest BCUT2D eigenvalue weighted by molar-refractivity contribution is 5.38. The number of nitrogens with two attached hydrogens (primary N) is 1. The smallest absolute Gasteiger partial charge is 0.233 e. The van der Waals surface area contributed by atoms with Crippen molar-refractivity contribution in [2.75, 3.05) is 51.3 Å². The van der Waals surface area contributed by atoms with E-state index in [9.17, 15) is 0 Å². The molecular weight excluding hydrogens is 242 g/mol. The molecule has 2 heterocycles. The normalized spacial score (nSPS) is 18.4. The van der Waals surface area contributed by atoms with Gasteiger partial charge in [0.1, 0.15) is 0 Å². The van der Waals surface area contributed by atoms with E-state index in [4.69, 9.17) is 10.5 Å². The van der Waals surface area contributed by atoms with Crippen molar-refractivity contribution in [3.8, 4) is 5.88 Å². The van der Waals surface area contributed by atoms with E-state index in [1.165, 1.54) is 0 Å². The second-order valence-electron chi connectivity index (χ2n) is 5.05. The summed E-state index contributed by atoms with van der Waals surface area (Å²) in [5, 5.41) is 0. The molecule has 0 amide bonds. The molecule has 0 bridgehead atoms. The molecule has 1 aromatic heterocycles. The van der Waals surface area contributed by atoms with Gasteiger partial charge in [-0.15, -0.1) is 0 Å². The van der Waals surface area contributed by atoms with Crippen LogP contribution in [-0.4, -0.2) is 61.2 Å². The van der Waals surface area contributed by atoms with Gasteiger partial charge < -0.3 is 15.4 Å². The molecule has 106 valence electrons. The molecule has 1 aliphatic rings. The molecule has 0 radical (unpaired) electrons. The fourth-order valence-corrected chi connectivity index (χ4v) is 2.26. The first-order valence-corrected chi connectivity index (χ1v) is 6.76. The molecule has 19 heavy (non-hydrogen) atoms. The van der Waals surface area contributed by atoms with Crippen molar-refractivity contribution in [3.05, 3.63) is 12.4 Å². The largest absolute Gasteiger partial charge is 0.480 e. The Balaban J connectivity index is 1.88. The van der Waals surface area contributed by atoms with E-state index in [-0.39, 0.29) is 0 Å². The van der Waals surface area contributed by atoms with Crippen LogP contribution in [0.2, 0.25) is 0 Å². The van der Waals surface area contributed by atoms with Crippen LogP contribution in [0.3, 0.4) is 0 Å². The van der Waals surface area contributed by atoms with Gasteiger partial charge >= 0.3 is 0 Å². The fourth-order valence-electron chi connectivity index (χ4n) is 2.26. The van der Waals surface area contributed by atoms with Crippen molar-refractivity contribution < 1.29 is 4.74 Å². The van der Waals surface area contributed by atoms with Gasteiger partial charge in [0.2, 0.25) is 5.88 Å². The summed E-state index contributed by atoms with van der Waals surface area (Å²) < 4.78 is 5.11. The maximum absolute atomic E-state index is 5.67. The highest BCUT2D eigenvalue weighted by atomic mass is 16.5. The van der Waals surface area contributed by atoms with Crippen LogP contribution in [0.1, 0.15) is 6.92 Å². The van der Waals surface area contributed by atoms with E-state index in [1.807, 2.05) is 0 Å². The van der Waals surface area contributed by atoms with Crippen LogP contribution in [-0.2, 0) is 0 Å². The lowest BCUT2D eigenvalue weighted by molar-refractivity contribution is 0.226. The first kappa shape index (κ1) is 14.0. The summed E-state index contributed by atoms with van der Waals surface area (Å²) >= 11 is 0. The summed E-state index contributed by atoms with van der Waals surface area (Å²) in [5.41, 5.74) is 5.67. The summed E-state index contributed by atoms with van der Waals surface area (Å²) in [6, 6.07) is 0. The van der Waals surface area contributed by atoms with Gasteiger partial charge in [-0.3, -0.25) is 9.88 Å². The van der Waals surface area contributed by atoms with Crippen molar-refractivity contribution in [3.63, 3.8) is 0 Å². The minimum atomic E-state index is 0.558. The third-order valence-electron chi connectivity index (χ3n) is 3.48. The standard InChI is InChI=1S/C13H23N5O/c1-11(7-14)10-17-3-5-18(6-4-17)12-8-15-9-13(16-12)19-2/h8-9,11H,3-7,10,14H2,1-2H3. The summed E-state index contributed by atoms with van der Waals surface area (Å²) in [6.07, 6.45) is 3.42. The maximum atomic E-state index is 5.67. The molecule has 1 saturated heterocycles. The lowest BCUT2D eigenvalue weighted by Crippen LogP contribution is -2.48. The molecule has 6 heteroatoms. The van der Waals surface area contributed by atoms with Crippen molar-refractivity contribution in [1.82, 2.24) is 14.9 Å². The van der Waals surface area contributed by atoms with E-state index in [2.05, 4.69) is 26.7 Å². The van der Waals surface area contributed by atoms with Crippen LogP contribution in [0, 0.1) is 5.92 Å². The summed E-state index contributed by atoms with van der Waals surface area (Å²) in [5.74, 6) is 2.02. The SMILES string of the molecule is COc1cncc(N2CCN(CC(C)CN)CC2)n1. The first-order valence-electron chi connectivity index (χ1n) is 6.76. The molecule has 0 aliphatic carbocycles. The van der Waals surface area contributed by atoms with Gasteiger partial charge in [-0.05, 0) is 12.5 Å². The molecule has 2 N–H and O–H groups in total. The third kappa shape index (κ3) is 3.78. The second kappa shape index (κ2) is 6.68. The van der Waals surface area contributed by atoms with E-state index < -0.39 is 0 Å². The lowest BCUT2D eigenvalue weighted by Gasteiger charge is -2.36. The number of ether oxygens (including phenoxy) is 1. The Morgan fingerprint density at radius 3 is 2.68 bits per heavy atom. The number of rotatable bonds is 5. The van der Waals surface area contributed by atoms with Gasteiger partial charge in [0.15, 0.2) is 5.82 Å². The topological polar surface area (TPSA) is 67.5 Å². The molecule has 2 rings (SSSR count). The zero-order valence-corrected chi connectivity index (χ0v) is 11.7. The molecule has 0 spiro atoms. The van der Waals surface area contributed by atoms with Crippen molar-refractivity contribution in [1.29, 1.82) is 0 Å². The van der Waals surface area contributed by atoms with Gasteiger partial charge in [-0.2, -0.15) is 4.98 Å². The van der Waals surface area contributed by atoms with Crippen molar-refractivity contribution >= 4 is 5.82 Å². The predicted molar refractivity (Wildman–Crippen MR) is 75.5 cm³/mol. The first-order chi connectivity index (χ1) is 9.22. The number of hydrogen-bond donors (Lipinski definition) is 1. The van der Waals surface area contributed by atoms with Crippen molar-refractivity contribution in [2.45, 2.75) is 6.92 Å². The number of nitrogens with zero attached hydrogens (tertiary/aromatic N) is 4. The molecule has 1 aliphatic heterocycles. The van der Waals surface area contributed by atoms with Crippen molar-refractivity contribution in [2.24, 2.45) is 11.7 Å². The molecule has 1 fully saturated rings. The molecule has 0 aromatic carbocycles. The Labute approximate surface area is 114 Å². The van der Waals surface area contributed by atoms with E-state index >= 15 is 0 Å². The van der Waals surface area contributed by atoms with Crippen LogP contribution >= 0.6 is 0 Å². The molecule has 1 unspecified atom stereocenters. The Bertz CT molecular complexity index is 392. The van der Waals surface area contributed by atoms with Gasteiger partial charge in [0.25, 0.3) is 0 Å². The summed E-state index contributed by atoms with van der Waals surface area (Å²) in [4.78, 5) is 13.3. The van der Waals surface area contributed by atoms with Gasteiger partial charge in [-0.1, -0.05) is 6.92 Å². The zero-order valence-electron chi connectivity index (χ0n) is 11.7. The van der Waals surface area contributed by atoms with E-state index in [0.717, 1.165) is 45.1 Å². The summed E-state index contributed by atoms with van der Waals surface area (Å²) in [6.45, 7) is 8.06. The number of methoxy groups -OCH3 is 1. The lowest BCUT2D eigenvalue weighted by atomic mass is 10.1. The third-order valence-corrected chi connectivity index (χ3v) is 3.48. The number of aromatic nitrogens is 2. The number of hydrogen-bond acceptors (Lipinski definition) is 6.